The second kappa shape index (κ2) is 10.5. The molecular formula is C33H28Cl2FN3O4. The zero-order valence-electron chi connectivity index (χ0n) is 23.1. The van der Waals surface area contributed by atoms with Crippen molar-refractivity contribution in [2.24, 2.45) is 11.8 Å². The quantitative estimate of drug-likeness (QED) is 0.239. The molecule has 0 N–H and O–H groups in total. The number of likely N-dealkylation sites (tertiary alicyclic amines) is 1. The molecule has 5 amide bonds. The molecule has 3 unspecified atom stereocenters. The van der Waals surface area contributed by atoms with Crippen molar-refractivity contribution in [1.29, 1.82) is 0 Å². The molecule has 4 atom stereocenters. The smallest absolute Gasteiger partial charge is 0.300 e. The Bertz CT molecular complexity index is 1640. The number of anilines is 1. The number of halogens is 3. The van der Waals surface area contributed by atoms with Gasteiger partial charge in [-0.15, -0.1) is 0 Å². The number of hydrogen-bond acceptors (Lipinski definition) is 4. The highest BCUT2D eigenvalue weighted by Crippen LogP contribution is 2.60. The van der Waals surface area contributed by atoms with E-state index in [0.717, 1.165) is 24.2 Å². The third kappa shape index (κ3) is 4.21. The summed E-state index contributed by atoms with van der Waals surface area (Å²) < 4.78 is 14.1. The van der Waals surface area contributed by atoms with Gasteiger partial charge in [0.2, 0.25) is 11.8 Å². The van der Waals surface area contributed by atoms with Gasteiger partial charge in [0.15, 0.2) is 0 Å². The Morgan fingerprint density at radius 3 is 2.19 bits per heavy atom. The van der Waals surface area contributed by atoms with Gasteiger partial charge >= 0.3 is 6.03 Å². The molecule has 0 spiro atoms. The van der Waals surface area contributed by atoms with Crippen LogP contribution in [0.5, 0.6) is 0 Å². The first-order valence-corrected chi connectivity index (χ1v) is 15.3. The Kier molecular flexibility index (Phi) is 6.82. The summed E-state index contributed by atoms with van der Waals surface area (Å²) in [6, 6.07) is 17.0. The van der Waals surface area contributed by atoms with Gasteiger partial charge in [-0.2, -0.15) is 0 Å². The Morgan fingerprint density at radius 2 is 1.51 bits per heavy atom. The first kappa shape index (κ1) is 28.0. The van der Waals surface area contributed by atoms with Crippen molar-refractivity contribution >= 4 is 52.6 Å². The molecule has 43 heavy (non-hydrogen) atoms. The Hall–Kier alpha value is -3.75. The van der Waals surface area contributed by atoms with Gasteiger partial charge in [0.1, 0.15) is 11.4 Å². The molecule has 3 aromatic rings. The second-order valence-corrected chi connectivity index (χ2v) is 12.7. The van der Waals surface area contributed by atoms with Gasteiger partial charge in [0, 0.05) is 22.5 Å². The minimum Gasteiger partial charge on any atom is -0.300 e. The van der Waals surface area contributed by atoms with Crippen LogP contribution >= 0.6 is 23.2 Å². The fourth-order valence-corrected chi connectivity index (χ4v) is 8.06. The van der Waals surface area contributed by atoms with E-state index >= 15 is 0 Å². The first-order valence-electron chi connectivity index (χ1n) is 14.5. The van der Waals surface area contributed by atoms with Crippen LogP contribution in [-0.2, 0) is 20.8 Å². The largest absolute Gasteiger partial charge is 0.332 e. The van der Waals surface area contributed by atoms with E-state index in [1.807, 2.05) is 0 Å². The highest BCUT2D eigenvalue weighted by molar-refractivity contribution is 6.32. The number of nitrogens with zero attached hydrogens (tertiary/aromatic N) is 3. The average Bonchev–Trinajstić information content (AvgIpc) is 3.52. The topological polar surface area (TPSA) is 78.0 Å². The molecule has 3 aliphatic heterocycles. The van der Waals surface area contributed by atoms with Gasteiger partial charge in [-0.25, -0.2) is 14.1 Å². The lowest BCUT2D eigenvalue weighted by Crippen LogP contribution is -2.56. The maximum Gasteiger partial charge on any atom is 0.332 e. The molecule has 4 aliphatic rings. The number of carbonyl (C=O) groups is 4. The van der Waals surface area contributed by atoms with Gasteiger partial charge in [0.25, 0.3) is 5.91 Å². The molecule has 220 valence electrons. The summed E-state index contributed by atoms with van der Waals surface area (Å²) in [6.45, 7) is 0. The van der Waals surface area contributed by atoms with E-state index in [9.17, 15) is 23.6 Å². The normalized spacial score (nSPS) is 27.3. The number of benzene rings is 3. The van der Waals surface area contributed by atoms with E-state index < -0.39 is 47.1 Å². The van der Waals surface area contributed by atoms with Crippen LogP contribution in [0.3, 0.4) is 0 Å². The summed E-state index contributed by atoms with van der Waals surface area (Å²) in [7, 11) is 0. The van der Waals surface area contributed by atoms with Crippen LogP contribution in [0.2, 0.25) is 10.0 Å². The van der Waals surface area contributed by atoms with Gasteiger partial charge in [0.05, 0.1) is 23.6 Å². The summed E-state index contributed by atoms with van der Waals surface area (Å²) >= 11 is 12.5. The van der Waals surface area contributed by atoms with Gasteiger partial charge in [-0.3, -0.25) is 19.3 Å². The zero-order chi connectivity index (χ0) is 30.0. The molecule has 7 rings (SSSR count). The Labute approximate surface area is 258 Å². The average molecular weight is 621 g/mol. The van der Waals surface area contributed by atoms with E-state index in [-0.39, 0.29) is 24.1 Å². The van der Waals surface area contributed by atoms with Crippen molar-refractivity contribution in [3.63, 3.8) is 0 Å². The summed E-state index contributed by atoms with van der Waals surface area (Å²) in [4.78, 5) is 62.1. The van der Waals surface area contributed by atoms with Crippen molar-refractivity contribution in [2.45, 2.75) is 56.1 Å². The monoisotopic (exact) mass is 619 g/mol. The number of amides is 5. The maximum absolute atomic E-state index is 14.9. The summed E-state index contributed by atoms with van der Waals surface area (Å²) in [6.07, 6.45) is 4.23. The maximum atomic E-state index is 14.9. The molecule has 0 radical (unpaired) electrons. The van der Waals surface area contributed by atoms with Gasteiger partial charge < -0.3 is 4.90 Å². The molecule has 10 heteroatoms. The summed E-state index contributed by atoms with van der Waals surface area (Å²) in [5.74, 6) is -4.01. The minimum atomic E-state index is -1.72. The van der Waals surface area contributed by atoms with E-state index in [1.165, 1.54) is 40.1 Å². The number of rotatable bonds is 5. The van der Waals surface area contributed by atoms with Crippen LogP contribution in [0, 0.1) is 17.7 Å². The van der Waals surface area contributed by atoms with Crippen molar-refractivity contribution in [3.05, 3.63) is 99.8 Å². The zero-order valence-corrected chi connectivity index (χ0v) is 24.6. The highest BCUT2D eigenvalue weighted by Gasteiger charge is 2.77. The summed E-state index contributed by atoms with van der Waals surface area (Å²) in [5, 5.41) is 0.831. The molecule has 7 nitrogen and oxygen atoms in total. The molecule has 4 fully saturated rings. The Morgan fingerprint density at radius 1 is 0.814 bits per heavy atom. The van der Waals surface area contributed by atoms with Crippen molar-refractivity contribution in [1.82, 2.24) is 9.80 Å². The SMILES string of the molecule is O=C1C2C(c3ccc(F)cc3)N3C(=O)N(c4cccc(Cl)c4)C(=O)[C@@]3(Cc3ccc(Cl)cc3)C2C(=O)N1C1CCCCC1. The minimum absolute atomic E-state index is 0.0117. The highest BCUT2D eigenvalue weighted by atomic mass is 35.5. The third-order valence-corrected chi connectivity index (χ3v) is 10.0. The predicted octanol–water partition coefficient (Wildman–Crippen LogP) is 6.57. The lowest BCUT2D eigenvalue weighted by molar-refractivity contribution is -0.147. The van der Waals surface area contributed by atoms with Crippen LogP contribution in [0.15, 0.2) is 72.8 Å². The van der Waals surface area contributed by atoms with Crippen LogP contribution in [0.1, 0.15) is 49.3 Å². The number of fused-ring (bicyclic) bond motifs is 3. The van der Waals surface area contributed by atoms with Gasteiger partial charge in [-0.1, -0.05) is 72.8 Å². The van der Waals surface area contributed by atoms with Crippen LogP contribution in [0.4, 0.5) is 14.9 Å². The summed E-state index contributed by atoms with van der Waals surface area (Å²) in [5.41, 5.74) is -0.288. The van der Waals surface area contributed by atoms with E-state index in [4.69, 9.17) is 23.2 Å². The lowest BCUT2D eigenvalue weighted by Gasteiger charge is -2.37. The predicted molar refractivity (Wildman–Crippen MR) is 159 cm³/mol. The molecule has 3 aromatic carbocycles. The lowest BCUT2D eigenvalue weighted by atomic mass is 9.75. The molecule has 3 heterocycles. The molecular weight excluding hydrogens is 592 g/mol. The van der Waals surface area contributed by atoms with Crippen LogP contribution in [-0.4, -0.2) is 45.1 Å². The number of hydrogen-bond donors (Lipinski definition) is 0. The molecule has 1 saturated carbocycles. The van der Waals surface area contributed by atoms with Crippen molar-refractivity contribution in [2.75, 3.05) is 4.90 Å². The number of imide groups is 2. The van der Waals surface area contributed by atoms with Crippen molar-refractivity contribution in [3.8, 4) is 0 Å². The molecule has 0 bridgehead atoms. The van der Waals surface area contributed by atoms with Crippen LogP contribution < -0.4 is 4.90 Å². The third-order valence-electron chi connectivity index (χ3n) is 9.52. The second-order valence-electron chi connectivity index (χ2n) is 11.8. The van der Waals surface area contributed by atoms with Crippen molar-refractivity contribution < 1.29 is 23.6 Å². The fourth-order valence-electron chi connectivity index (χ4n) is 7.75. The van der Waals surface area contributed by atoms with E-state index in [1.54, 1.807) is 42.5 Å². The molecule has 3 saturated heterocycles. The van der Waals surface area contributed by atoms with E-state index in [0.29, 0.717) is 34.0 Å². The number of carbonyl (C=O) groups excluding carboxylic acids is 4. The first-order chi connectivity index (χ1) is 20.7. The molecule has 0 aromatic heterocycles. The Balaban J connectivity index is 1.45. The van der Waals surface area contributed by atoms with Gasteiger partial charge in [-0.05, 0) is 66.4 Å². The van der Waals surface area contributed by atoms with E-state index in [2.05, 4.69) is 0 Å². The molecule has 1 aliphatic carbocycles. The number of urea groups is 1. The standard InChI is InChI=1S/C33H28Cl2FN3O4/c34-21-13-9-19(10-14-21)18-33-27-26(29(40)37(30(27)41)24-6-2-1-3-7-24)28(20-11-15-23(36)16-12-20)39(33)32(43)38(31(33)42)25-8-4-5-22(35)17-25/h4-5,8-17,24,26-28H,1-3,6-7,18H2/t26?,27?,28?,33-/m1/s1. The van der Waals surface area contributed by atoms with Crippen LogP contribution in [0.25, 0.3) is 0 Å². The fraction of sp³-hybridized carbons (Fsp3) is 0.333.